The van der Waals surface area contributed by atoms with Crippen molar-refractivity contribution in [2.75, 3.05) is 6.54 Å². The average molecular weight is 343 g/mol. The Morgan fingerprint density at radius 3 is 2.70 bits per heavy atom. The second-order valence-electron chi connectivity index (χ2n) is 4.11. The highest BCUT2D eigenvalue weighted by atomic mass is 79.9. The Balaban J connectivity index is 2.27. The maximum Gasteiger partial charge on any atom is 0.223 e. The van der Waals surface area contributed by atoms with Crippen molar-refractivity contribution >= 4 is 15.9 Å². The van der Waals surface area contributed by atoms with Gasteiger partial charge < -0.3 is 10.1 Å². The predicted molar refractivity (Wildman–Crippen MR) is 75.7 cm³/mol. The van der Waals surface area contributed by atoms with Crippen LogP contribution in [0.4, 0.5) is 8.78 Å². The summed E-state index contributed by atoms with van der Waals surface area (Å²) in [5.74, 6) is -0.311. The van der Waals surface area contributed by atoms with Crippen molar-refractivity contribution < 1.29 is 13.5 Å². The number of halogens is 3. The smallest absolute Gasteiger partial charge is 0.223 e. The number of nitrogens with one attached hydrogen (secondary N) is 1. The highest BCUT2D eigenvalue weighted by Crippen LogP contribution is 2.27. The zero-order chi connectivity index (χ0) is 14.5. The van der Waals surface area contributed by atoms with Crippen LogP contribution in [-0.2, 0) is 6.54 Å². The van der Waals surface area contributed by atoms with Gasteiger partial charge in [-0.25, -0.2) is 13.8 Å². The number of rotatable bonds is 5. The summed E-state index contributed by atoms with van der Waals surface area (Å²) in [5.41, 5.74) is 0.576. The maximum atomic E-state index is 13.3. The van der Waals surface area contributed by atoms with Crippen LogP contribution in [-0.4, -0.2) is 11.5 Å². The summed E-state index contributed by atoms with van der Waals surface area (Å²) in [6.45, 7) is 3.10. The first kappa shape index (κ1) is 14.9. The van der Waals surface area contributed by atoms with Crippen LogP contribution in [0.15, 0.2) is 34.9 Å². The van der Waals surface area contributed by atoms with Crippen LogP contribution in [0.1, 0.15) is 12.5 Å². The number of pyridine rings is 1. The summed E-state index contributed by atoms with van der Waals surface area (Å²) in [5, 5.41) is 3.07. The third-order valence-electron chi connectivity index (χ3n) is 2.51. The maximum absolute atomic E-state index is 13.3. The summed E-state index contributed by atoms with van der Waals surface area (Å²) in [6, 6.07) is 5.53. The predicted octanol–water partition coefficient (Wildman–Crippen LogP) is 4.02. The zero-order valence-electron chi connectivity index (χ0n) is 10.8. The van der Waals surface area contributed by atoms with Crippen molar-refractivity contribution in [2.24, 2.45) is 0 Å². The molecule has 2 rings (SSSR count). The molecule has 0 saturated carbocycles. The van der Waals surface area contributed by atoms with Gasteiger partial charge in [-0.05, 0) is 24.7 Å². The van der Waals surface area contributed by atoms with Crippen molar-refractivity contribution in [3.05, 3.63) is 52.1 Å². The van der Waals surface area contributed by atoms with Gasteiger partial charge in [-0.1, -0.05) is 22.9 Å². The van der Waals surface area contributed by atoms with Crippen LogP contribution < -0.4 is 10.1 Å². The third kappa shape index (κ3) is 3.98. The van der Waals surface area contributed by atoms with Crippen molar-refractivity contribution in [2.45, 2.75) is 13.5 Å². The molecule has 0 radical (unpaired) electrons. The van der Waals surface area contributed by atoms with Gasteiger partial charge in [-0.2, -0.15) is 0 Å². The minimum atomic E-state index is -0.439. The Morgan fingerprint density at radius 2 is 2.00 bits per heavy atom. The fourth-order valence-corrected chi connectivity index (χ4v) is 2.09. The van der Waals surface area contributed by atoms with Crippen LogP contribution in [0, 0.1) is 11.6 Å². The molecule has 0 fully saturated rings. The molecule has 0 amide bonds. The number of hydrogen-bond acceptors (Lipinski definition) is 3. The molecular weight excluding hydrogens is 330 g/mol. The van der Waals surface area contributed by atoms with Gasteiger partial charge in [0.1, 0.15) is 17.4 Å². The molecule has 106 valence electrons. The van der Waals surface area contributed by atoms with Gasteiger partial charge in [0.2, 0.25) is 5.88 Å². The quantitative estimate of drug-likeness (QED) is 0.890. The lowest BCUT2D eigenvalue weighted by molar-refractivity contribution is 0.444. The summed E-state index contributed by atoms with van der Waals surface area (Å²) in [6.07, 6.45) is 1.07. The Morgan fingerprint density at radius 1 is 1.20 bits per heavy atom. The van der Waals surface area contributed by atoms with E-state index in [0.717, 1.165) is 12.7 Å². The molecule has 20 heavy (non-hydrogen) atoms. The second kappa shape index (κ2) is 6.76. The zero-order valence-corrected chi connectivity index (χ0v) is 12.4. The van der Waals surface area contributed by atoms with Gasteiger partial charge in [0.05, 0.1) is 6.20 Å². The van der Waals surface area contributed by atoms with E-state index >= 15 is 0 Å². The molecule has 3 nitrogen and oxygen atoms in total. The van der Waals surface area contributed by atoms with Gasteiger partial charge >= 0.3 is 0 Å². The molecule has 1 aromatic heterocycles. The summed E-state index contributed by atoms with van der Waals surface area (Å²) < 4.78 is 32.6. The Kier molecular flexibility index (Phi) is 5.03. The van der Waals surface area contributed by atoms with Crippen LogP contribution >= 0.6 is 15.9 Å². The molecule has 1 N–H and O–H groups in total. The minimum absolute atomic E-state index is 0.254. The standard InChI is InChI=1S/C14H13BrF2N2O/c1-2-18-7-9-3-12(17)8-19-14(9)20-13-5-10(15)4-11(16)6-13/h3-6,8,18H,2,7H2,1H3. The van der Waals surface area contributed by atoms with E-state index in [-0.39, 0.29) is 5.88 Å². The van der Waals surface area contributed by atoms with E-state index in [2.05, 4.69) is 26.2 Å². The van der Waals surface area contributed by atoms with Crippen molar-refractivity contribution in [1.29, 1.82) is 0 Å². The normalized spacial score (nSPS) is 10.6. The fraction of sp³-hybridized carbons (Fsp3) is 0.214. The number of aromatic nitrogens is 1. The lowest BCUT2D eigenvalue weighted by Crippen LogP contribution is -2.13. The molecule has 0 saturated heterocycles. The molecule has 0 aliphatic carbocycles. The molecule has 6 heteroatoms. The summed E-state index contributed by atoms with van der Waals surface area (Å²) >= 11 is 3.19. The average Bonchev–Trinajstić information content (AvgIpc) is 2.38. The van der Waals surface area contributed by atoms with E-state index < -0.39 is 11.6 Å². The first-order valence-corrected chi connectivity index (χ1v) is 6.87. The van der Waals surface area contributed by atoms with Gasteiger partial charge in [-0.3, -0.25) is 0 Å². The fourth-order valence-electron chi connectivity index (χ4n) is 1.65. The van der Waals surface area contributed by atoms with Crippen molar-refractivity contribution in [3.8, 4) is 11.6 Å². The molecule has 0 bridgehead atoms. The van der Waals surface area contributed by atoms with E-state index in [0.29, 0.717) is 22.3 Å². The van der Waals surface area contributed by atoms with Crippen molar-refractivity contribution in [3.63, 3.8) is 0 Å². The Bertz CT molecular complexity index is 587. The van der Waals surface area contributed by atoms with E-state index in [1.54, 1.807) is 6.07 Å². The molecule has 0 unspecified atom stereocenters. The molecular formula is C14H13BrF2N2O. The van der Waals surface area contributed by atoms with Gasteiger partial charge in [0.15, 0.2) is 0 Å². The molecule has 0 aliphatic rings. The Labute approximate surface area is 124 Å². The van der Waals surface area contributed by atoms with E-state index in [1.165, 1.54) is 18.2 Å². The largest absolute Gasteiger partial charge is 0.439 e. The van der Waals surface area contributed by atoms with Gasteiger partial charge in [0, 0.05) is 22.6 Å². The van der Waals surface area contributed by atoms with E-state index in [1.807, 2.05) is 6.92 Å². The summed E-state index contributed by atoms with van der Waals surface area (Å²) in [4.78, 5) is 3.91. The molecule has 1 aromatic carbocycles. The van der Waals surface area contributed by atoms with Gasteiger partial charge in [-0.15, -0.1) is 0 Å². The summed E-state index contributed by atoms with van der Waals surface area (Å²) in [7, 11) is 0. The second-order valence-corrected chi connectivity index (χ2v) is 5.02. The highest BCUT2D eigenvalue weighted by Gasteiger charge is 2.09. The molecule has 0 spiro atoms. The lowest BCUT2D eigenvalue weighted by Gasteiger charge is -2.11. The SMILES string of the molecule is CCNCc1cc(F)cnc1Oc1cc(F)cc(Br)c1. The van der Waals surface area contributed by atoms with Crippen LogP contribution in [0.2, 0.25) is 0 Å². The van der Waals surface area contributed by atoms with E-state index in [9.17, 15) is 8.78 Å². The third-order valence-corrected chi connectivity index (χ3v) is 2.97. The number of ether oxygens (including phenoxy) is 1. The van der Waals surface area contributed by atoms with E-state index in [4.69, 9.17) is 4.74 Å². The van der Waals surface area contributed by atoms with Crippen LogP contribution in [0.3, 0.4) is 0 Å². The monoisotopic (exact) mass is 342 g/mol. The number of hydrogen-bond donors (Lipinski definition) is 1. The number of nitrogens with zero attached hydrogens (tertiary/aromatic N) is 1. The molecule has 0 atom stereocenters. The first-order valence-electron chi connectivity index (χ1n) is 6.07. The molecule has 2 aromatic rings. The van der Waals surface area contributed by atoms with Crippen LogP contribution in [0.25, 0.3) is 0 Å². The van der Waals surface area contributed by atoms with Crippen molar-refractivity contribution in [1.82, 2.24) is 10.3 Å². The first-order chi connectivity index (χ1) is 9.58. The number of benzene rings is 1. The van der Waals surface area contributed by atoms with Gasteiger partial charge in [0.25, 0.3) is 0 Å². The topological polar surface area (TPSA) is 34.2 Å². The highest BCUT2D eigenvalue weighted by molar-refractivity contribution is 9.10. The lowest BCUT2D eigenvalue weighted by atomic mass is 10.2. The minimum Gasteiger partial charge on any atom is -0.439 e. The van der Waals surface area contributed by atoms with Crippen LogP contribution in [0.5, 0.6) is 11.6 Å². The molecule has 0 aliphatic heterocycles. The molecule has 1 heterocycles. The Hall–Kier alpha value is -1.53.